The Morgan fingerprint density at radius 1 is 1.39 bits per heavy atom. The summed E-state index contributed by atoms with van der Waals surface area (Å²) in [6, 6.07) is 2.55. The van der Waals surface area contributed by atoms with Gasteiger partial charge >= 0.3 is 5.97 Å². The van der Waals surface area contributed by atoms with E-state index in [-0.39, 0.29) is 17.7 Å². The molecular formula is C12H13N3O3. The maximum atomic E-state index is 11.7. The molecule has 2 aromatic heterocycles. The fraction of sp³-hybridized carbons (Fsp3) is 0.250. The van der Waals surface area contributed by atoms with Crippen LogP contribution in [0, 0.1) is 0 Å². The number of hydrogen-bond donors (Lipinski definition) is 1. The van der Waals surface area contributed by atoms with E-state index in [1.807, 2.05) is 17.7 Å². The Morgan fingerprint density at radius 3 is 2.83 bits per heavy atom. The Labute approximate surface area is 103 Å². The largest absolute Gasteiger partial charge is 0.478 e. The van der Waals surface area contributed by atoms with E-state index in [0.717, 1.165) is 12.4 Å². The van der Waals surface area contributed by atoms with Crippen LogP contribution in [0.3, 0.4) is 0 Å². The number of hydrogen-bond acceptors (Lipinski definition) is 3. The third kappa shape index (κ3) is 2.32. The highest BCUT2D eigenvalue weighted by Gasteiger charge is 2.08. The van der Waals surface area contributed by atoms with Crippen LogP contribution in [0.5, 0.6) is 0 Å². The van der Waals surface area contributed by atoms with E-state index in [1.54, 1.807) is 6.20 Å². The second kappa shape index (κ2) is 4.87. The molecule has 2 aromatic rings. The van der Waals surface area contributed by atoms with Crippen LogP contribution in [-0.2, 0) is 13.1 Å². The molecule has 0 aromatic carbocycles. The van der Waals surface area contributed by atoms with Crippen LogP contribution in [0.15, 0.2) is 35.5 Å². The van der Waals surface area contributed by atoms with Crippen LogP contribution in [0.2, 0.25) is 0 Å². The minimum absolute atomic E-state index is 0.0872. The van der Waals surface area contributed by atoms with Crippen molar-refractivity contribution in [2.24, 2.45) is 0 Å². The molecule has 0 spiro atoms. The third-order valence-electron chi connectivity index (χ3n) is 2.68. The Kier molecular flexibility index (Phi) is 3.27. The topological polar surface area (TPSA) is 77.1 Å². The Bertz CT molecular complexity index is 627. The number of rotatable bonds is 4. The molecule has 0 radical (unpaired) electrons. The van der Waals surface area contributed by atoms with E-state index in [1.165, 1.54) is 22.9 Å². The molecule has 0 fully saturated rings. The monoisotopic (exact) mass is 247 g/mol. The van der Waals surface area contributed by atoms with Gasteiger partial charge in [0, 0.05) is 31.2 Å². The van der Waals surface area contributed by atoms with Crippen molar-refractivity contribution >= 4 is 5.97 Å². The second-order valence-electron chi connectivity index (χ2n) is 3.82. The molecular weight excluding hydrogens is 234 g/mol. The molecule has 0 bridgehead atoms. The van der Waals surface area contributed by atoms with E-state index in [9.17, 15) is 9.59 Å². The fourth-order valence-electron chi connectivity index (χ4n) is 1.71. The van der Waals surface area contributed by atoms with Gasteiger partial charge in [-0.15, -0.1) is 0 Å². The summed E-state index contributed by atoms with van der Waals surface area (Å²) in [6.07, 6.45) is 4.81. The van der Waals surface area contributed by atoms with E-state index in [4.69, 9.17) is 5.11 Å². The molecule has 18 heavy (non-hydrogen) atoms. The summed E-state index contributed by atoms with van der Waals surface area (Å²) < 4.78 is 3.25. The van der Waals surface area contributed by atoms with E-state index >= 15 is 0 Å². The predicted octanol–water partition coefficient (Wildman–Crippen LogP) is 0.811. The normalized spacial score (nSPS) is 10.5. The van der Waals surface area contributed by atoms with Crippen LogP contribution >= 0.6 is 0 Å². The zero-order chi connectivity index (χ0) is 13.1. The molecule has 2 rings (SSSR count). The highest BCUT2D eigenvalue weighted by molar-refractivity contribution is 5.87. The van der Waals surface area contributed by atoms with Gasteiger partial charge in [0.15, 0.2) is 0 Å². The third-order valence-corrected chi connectivity index (χ3v) is 2.68. The molecule has 0 saturated carbocycles. The van der Waals surface area contributed by atoms with Crippen molar-refractivity contribution in [3.8, 4) is 0 Å². The average molecular weight is 247 g/mol. The number of carboxylic acids is 1. The Morgan fingerprint density at radius 2 is 2.17 bits per heavy atom. The van der Waals surface area contributed by atoms with Crippen LogP contribution < -0.4 is 5.56 Å². The van der Waals surface area contributed by atoms with Gasteiger partial charge < -0.3 is 14.2 Å². The highest BCUT2D eigenvalue weighted by Crippen LogP contribution is 2.01. The van der Waals surface area contributed by atoms with E-state index in [0.29, 0.717) is 0 Å². The molecule has 0 aliphatic carbocycles. The van der Waals surface area contributed by atoms with Crippen LogP contribution in [0.4, 0.5) is 0 Å². The summed E-state index contributed by atoms with van der Waals surface area (Å²) in [7, 11) is 0. The predicted molar refractivity (Wildman–Crippen MR) is 64.7 cm³/mol. The van der Waals surface area contributed by atoms with Gasteiger partial charge in [-0.2, -0.15) is 0 Å². The van der Waals surface area contributed by atoms with Gasteiger partial charge in [0.05, 0.1) is 12.1 Å². The van der Waals surface area contributed by atoms with Gasteiger partial charge in [0.2, 0.25) is 0 Å². The van der Waals surface area contributed by atoms with Gasteiger partial charge in [-0.05, 0) is 13.0 Å². The SMILES string of the molecule is CCn1ccnc1Cn1cc(C(=O)O)ccc1=O. The summed E-state index contributed by atoms with van der Waals surface area (Å²) in [5, 5.41) is 8.89. The molecule has 0 unspecified atom stereocenters. The smallest absolute Gasteiger partial charge is 0.337 e. The summed E-state index contributed by atoms with van der Waals surface area (Å²) in [5.74, 6) is -0.329. The van der Waals surface area contributed by atoms with Gasteiger partial charge in [-0.25, -0.2) is 9.78 Å². The molecule has 0 aliphatic heterocycles. The Balaban J connectivity index is 2.37. The number of aromatic nitrogens is 3. The molecule has 0 atom stereocenters. The molecule has 6 nitrogen and oxygen atoms in total. The summed E-state index contributed by atoms with van der Waals surface area (Å²) >= 11 is 0. The average Bonchev–Trinajstić information content (AvgIpc) is 2.79. The fourth-order valence-corrected chi connectivity index (χ4v) is 1.71. The quantitative estimate of drug-likeness (QED) is 0.867. The van der Waals surface area contributed by atoms with Crippen LogP contribution in [0.25, 0.3) is 0 Å². The lowest BCUT2D eigenvalue weighted by molar-refractivity contribution is 0.0696. The molecule has 6 heteroatoms. The number of carbonyl (C=O) groups is 1. The maximum Gasteiger partial charge on any atom is 0.337 e. The minimum atomic E-state index is -1.05. The van der Waals surface area contributed by atoms with Gasteiger partial charge in [0.1, 0.15) is 5.82 Å². The first-order valence-corrected chi connectivity index (χ1v) is 5.55. The van der Waals surface area contributed by atoms with Crippen molar-refractivity contribution < 1.29 is 9.90 Å². The van der Waals surface area contributed by atoms with Crippen molar-refractivity contribution in [3.63, 3.8) is 0 Å². The number of imidazole rings is 1. The van der Waals surface area contributed by atoms with Gasteiger partial charge in [0.25, 0.3) is 5.56 Å². The molecule has 2 heterocycles. The lowest BCUT2D eigenvalue weighted by Gasteiger charge is -2.08. The lowest BCUT2D eigenvalue weighted by atomic mass is 10.3. The van der Waals surface area contributed by atoms with Crippen molar-refractivity contribution in [2.45, 2.75) is 20.0 Å². The number of nitrogens with zero attached hydrogens (tertiary/aromatic N) is 3. The number of aryl methyl sites for hydroxylation is 1. The number of pyridine rings is 1. The van der Waals surface area contributed by atoms with Crippen molar-refractivity contribution in [1.29, 1.82) is 0 Å². The highest BCUT2D eigenvalue weighted by atomic mass is 16.4. The first kappa shape index (κ1) is 12.1. The molecule has 0 saturated heterocycles. The maximum absolute atomic E-state index is 11.7. The van der Waals surface area contributed by atoms with E-state index in [2.05, 4.69) is 4.98 Å². The summed E-state index contributed by atoms with van der Waals surface area (Å²) in [5.41, 5.74) is -0.158. The van der Waals surface area contributed by atoms with Crippen molar-refractivity contribution in [2.75, 3.05) is 0 Å². The number of aromatic carboxylic acids is 1. The van der Waals surface area contributed by atoms with Gasteiger partial charge in [-0.3, -0.25) is 4.79 Å². The molecule has 94 valence electrons. The lowest BCUT2D eigenvalue weighted by Crippen LogP contribution is -2.22. The van der Waals surface area contributed by atoms with Gasteiger partial charge in [-0.1, -0.05) is 0 Å². The minimum Gasteiger partial charge on any atom is -0.478 e. The standard InChI is InChI=1S/C12H13N3O3/c1-2-14-6-5-13-10(14)8-15-7-9(12(17)18)3-4-11(15)16/h3-7H,2,8H2,1H3,(H,17,18). The number of carboxylic acid groups (broad SMARTS) is 1. The first-order chi connectivity index (χ1) is 8.61. The summed E-state index contributed by atoms with van der Waals surface area (Å²) in [6.45, 7) is 2.99. The van der Waals surface area contributed by atoms with Crippen LogP contribution in [-0.4, -0.2) is 25.2 Å². The second-order valence-corrected chi connectivity index (χ2v) is 3.82. The van der Waals surface area contributed by atoms with Crippen molar-refractivity contribution in [1.82, 2.24) is 14.1 Å². The van der Waals surface area contributed by atoms with Crippen LogP contribution in [0.1, 0.15) is 23.1 Å². The van der Waals surface area contributed by atoms with E-state index < -0.39 is 5.97 Å². The first-order valence-electron chi connectivity index (χ1n) is 5.55. The molecule has 0 amide bonds. The molecule has 0 aliphatic rings. The van der Waals surface area contributed by atoms with Crippen molar-refractivity contribution in [3.05, 3.63) is 52.5 Å². The molecule has 1 N–H and O–H groups in total. The summed E-state index contributed by atoms with van der Waals surface area (Å²) in [4.78, 5) is 26.7. The zero-order valence-electron chi connectivity index (χ0n) is 9.91. The zero-order valence-corrected chi connectivity index (χ0v) is 9.91. The Hall–Kier alpha value is -2.37.